The number of nitrogens with zero attached hydrogens (tertiary/aromatic N) is 1. The van der Waals surface area contributed by atoms with Crippen LogP contribution in [-0.2, 0) is 0 Å². The molecule has 2 aliphatic rings. The van der Waals surface area contributed by atoms with Crippen molar-refractivity contribution in [1.29, 1.82) is 0 Å². The van der Waals surface area contributed by atoms with E-state index in [1.807, 2.05) is 0 Å². The van der Waals surface area contributed by atoms with Gasteiger partial charge in [0.15, 0.2) is 0 Å². The number of benzene rings is 6. The van der Waals surface area contributed by atoms with Crippen LogP contribution in [0.5, 0.6) is 0 Å². The van der Waals surface area contributed by atoms with E-state index in [1.54, 1.807) is 0 Å². The first kappa shape index (κ1) is 31.2. The summed E-state index contributed by atoms with van der Waals surface area (Å²) in [7, 11) is 0. The fourth-order valence-corrected chi connectivity index (χ4v) is 7.09. The minimum atomic E-state index is 0.170. The van der Waals surface area contributed by atoms with E-state index in [1.165, 1.54) is 50.3 Å². The third kappa shape index (κ3) is 6.88. The molecule has 0 spiro atoms. The highest BCUT2D eigenvalue weighted by Crippen LogP contribution is 2.35. The summed E-state index contributed by atoms with van der Waals surface area (Å²) in [6, 6.07) is 57.3. The molecule has 3 atom stereocenters. The van der Waals surface area contributed by atoms with Crippen molar-refractivity contribution in [2.75, 3.05) is 10.2 Å². The van der Waals surface area contributed by atoms with Gasteiger partial charge in [-0.25, -0.2) is 0 Å². The van der Waals surface area contributed by atoms with Crippen LogP contribution < -0.4 is 10.2 Å². The molecule has 6 aromatic rings. The van der Waals surface area contributed by atoms with Gasteiger partial charge in [-0.2, -0.15) is 0 Å². The summed E-state index contributed by atoms with van der Waals surface area (Å²) in [6.45, 7) is 0. The van der Waals surface area contributed by atoms with Crippen molar-refractivity contribution in [2.45, 2.75) is 24.4 Å². The molecule has 0 aliphatic heterocycles. The van der Waals surface area contributed by atoms with Crippen molar-refractivity contribution in [2.24, 2.45) is 0 Å². The average molecular weight is 645 g/mol. The van der Waals surface area contributed by atoms with Crippen LogP contribution >= 0.6 is 0 Å². The van der Waals surface area contributed by atoms with Crippen LogP contribution in [0, 0.1) is 0 Å². The van der Waals surface area contributed by atoms with Crippen molar-refractivity contribution >= 4 is 17.1 Å². The Morgan fingerprint density at radius 1 is 0.420 bits per heavy atom. The largest absolute Gasteiger partial charge is 0.378 e. The number of hydrogen-bond acceptors (Lipinski definition) is 2. The van der Waals surface area contributed by atoms with Crippen molar-refractivity contribution in [3.05, 3.63) is 212 Å². The SMILES string of the molecule is C1=CCC(N(c2ccc(-c3ccccc3)cc2)c2ccc(-c3ccc(NC4C=CC=CC4c4ccc(-c5ccccc5)cc4)cc3)cc2)C=C1. The number of hydrogen-bond donors (Lipinski definition) is 1. The minimum absolute atomic E-state index is 0.170. The number of allylic oxidation sites excluding steroid dienone is 4. The Labute approximate surface area is 296 Å². The molecule has 3 unspecified atom stereocenters. The number of nitrogens with one attached hydrogen (secondary N) is 1. The van der Waals surface area contributed by atoms with E-state index in [2.05, 4.69) is 217 Å². The standard InChI is InChI=1S/C48H40N2/c1-4-12-36(13-5-1)38-20-22-42(23-21-38)47-18-10-11-19-48(47)49-43-30-24-39(25-31-43)41-28-34-46(35-29-41)50(44-16-8-3-9-17-44)45-32-26-40(27-33-45)37-14-6-2-7-15-37/h1-16,18-35,44,47-49H,17H2. The van der Waals surface area contributed by atoms with Gasteiger partial charge in [0.1, 0.15) is 0 Å². The fraction of sp³-hybridized carbons (Fsp3) is 0.0833. The highest BCUT2D eigenvalue weighted by molar-refractivity contribution is 5.74. The van der Waals surface area contributed by atoms with Crippen LogP contribution in [-0.4, -0.2) is 12.1 Å². The zero-order chi connectivity index (χ0) is 33.5. The van der Waals surface area contributed by atoms with Gasteiger partial charge in [-0.1, -0.05) is 170 Å². The van der Waals surface area contributed by atoms with Crippen molar-refractivity contribution in [3.8, 4) is 33.4 Å². The van der Waals surface area contributed by atoms with E-state index in [9.17, 15) is 0 Å². The second-order valence-electron chi connectivity index (χ2n) is 13.0. The summed E-state index contributed by atoms with van der Waals surface area (Å²) < 4.78 is 0. The molecule has 8 rings (SSSR count). The van der Waals surface area contributed by atoms with Gasteiger partial charge in [-0.15, -0.1) is 0 Å². The molecule has 0 fully saturated rings. The molecular formula is C48H40N2. The van der Waals surface area contributed by atoms with E-state index in [0.717, 1.165) is 12.1 Å². The van der Waals surface area contributed by atoms with E-state index in [4.69, 9.17) is 0 Å². The highest BCUT2D eigenvalue weighted by atomic mass is 15.2. The summed E-state index contributed by atoms with van der Waals surface area (Å²) in [6.07, 6.45) is 18.7. The Bertz CT molecular complexity index is 2120. The Balaban J connectivity index is 0.976. The van der Waals surface area contributed by atoms with E-state index < -0.39 is 0 Å². The van der Waals surface area contributed by atoms with Crippen LogP contribution in [0.2, 0.25) is 0 Å². The molecule has 2 heteroatoms. The third-order valence-electron chi connectivity index (χ3n) is 9.78. The van der Waals surface area contributed by atoms with Crippen molar-refractivity contribution in [3.63, 3.8) is 0 Å². The molecule has 50 heavy (non-hydrogen) atoms. The molecule has 0 bridgehead atoms. The van der Waals surface area contributed by atoms with Crippen LogP contribution in [0.1, 0.15) is 17.9 Å². The first-order valence-electron chi connectivity index (χ1n) is 17.5. The predicted octanol–water partition coefficient (Wildman–Crippen LogP) is 12.4. The van der Waals surface area contributed by atoms with E-state index in [0.29, 0.717) is 0 Å². The molecule has 0 saturated carbocycles. The second kappa shape index (κ2) is 14.6. The van der Waals surface area contributed by atoms with Crippen LogP contribution in [0.15, 0.2) is 206 Å². The van der Waals surface area contributed by atoms with Crippen LogP contribution in [0.25, 0.3) is 33.4 Å². The van der Waals surface area contributed by atoms with E-state index >= 15 is 0 Å². The van der Waals surface area contributed by atoms with Gasteiger partial charge in [-0.05, 0) is 81.8 Å². The Morgan fingerprint density at radius 2 is 0.880 bits per heavy atom. The monoisotopic (exact) mass is 644 g/mol. The summed E-state index contributed by atoms with van der Waals surface area (Å²) in [5.74, 6) is 0.254. The van der Waals surface area contributed by atoms with Gasteiger partial charge in [-0.3, -0.25) is 0 Å². The first-order chi connectivity index (χ1) is 24.8. The second-order valence-corrected chi connectivity index (χ2v) is 13.0. The summed E-state index contributed by atoms with van der Waals surface area (Å²) >= 11 is 0. The zero-order valence-corrected chi connectivity index (χ0v) is 28.0. The summed E-state index contributed by atoms with van der Waals surface area (Å²) in [5.41, 5.74) is 12.1. The maximum atomic E-state index is 3.79. The van der Waals surface area contributed by atoms with Gasteiger partial charge in [0, 0.05) is 23.0 Å². The van der Waals surface area contributed by atoms with Crippen LogP contribution in [0.4, 0.5) is 17.1 Å². The summed E-state index contributed by atoms with van der Waals surface area (Å²) in [4.78, 5) is 2.45. The predicted molar refractivity (Wildman–Crippen MR) is 213 cm³/mol. The molecule has 0 heterocycles. The average Bonchev–Trinajstić information content (AvgIpc) is 3.20. The van der Waals surface area contributed by atoms with Gasteiger partial charge >= 0.3 is 0 Å². The minimum Gasteiger partial charge on any atom is -0.378 e. The highest BCUT2D eigenvalue weighted by Gasteiger charge is 2.21. The Kier molecular flexibility index (Phi) is 9.07. The third-order valence-corrected chi connectivity index (χ3v) is 9.78. The lowest BCUT2D eigenvalue weighted by molar-refractivity contribution is 0.756. The molecule has 0 amide bonds. The molecule has 0 aromatic heterocycles. The smallest absolute Gasteiger partial charge is 0.0559 e. The van der Waals surface area contributed by atoms with Gasteiger partial charge in [0.25, 0.3) is 0 Å². The van der Waals surface area contributed by atoms with E-state index in [-0.39, 0.29) is 18.0 Å². The molecule has 242 valence electrons. The summed E-state index contributed by atoms with van der Waals surface area (Å²) in [5, 5.41) is 3.79. The number of anilines is 3. The molecule has 2 nitrogen and oxygen atoms in total. The Morgan fingerprint density at radius 3 is 1.40 bits per heavy atom. The lowest BCUT2D eigenvalue weighted by atomic mass is 9.87. The normalized spacial score (nSPS) is 17.8. The Hall–Kier alpha value is -6.12. The topological polar surface area (TPSA) is 15.3 Å². The van der Waals surface area contributed by atoms with Crippen LogP contribution in [0.3, 0.4) is 0 Å². The van der Waals surface area contributed by atoms with Gasteiger partial charge in [0.05, 0.1) is 12.1 Å². The molecule has 0 saturated heterocycles. The number of rotatable bonds is 9. The van der Waals surface area contributed by atoms with Gasteiger partial charge in [0.2, 0.25) is 0 Å². The maximum absolute atomic E-state index is 3.79. The molecular weight excluding hydrogens is 605 g/mol. The lowest BCUT2D eigenvalue weighted by Crippen LogP contribution is -2.29. The molecule has 1 N–H and O–H groups in total. The zero-order valence-electron chi connectivity index (χ0n) is 28.0. The first-order valence-corrected chi connectivity index (χ1v) is 17.5. The molecule has 2 aliphatic carbocycles. The van der Waals surface area contributed by atoms with Gasteiger partial charge < -0.3 is 10.2 Å². The molecule has 6 aromatic carbocycles. The molecule has 0 radical (unpaired) electrons. The van der Waals surface area contributed by atoms with Crippen molar-refractivity contribution in [1.82, 2.24) is 0 Å². The fourth-order valence-electron chi connectivity index (χ4n) is 7.09. The lowest BCUT2D eigenvalue weighted by Gasteiger charge is -2.33. The maximum Gasteiger partial charge on any atom is 0.0559 e. The van der Waals surface area contributed by atoms with Crippen molar-refractivity contribution < 1.29 is 0 Å². The quantitative estimate of drug-likeness (QED) is 0.168.